The number of ether oxygens (including phenoxy) is 1. The molecule has 1 aliphatic heterocycles. The average Bonchev–Trinajstić information content (AvgIpc) is 3.16. The van der Waals surface area contributed by atoms with Gasteiger partial charge in [-0.25, -0.2) is 18.0 Å². The standard InChI is InChI=1S/C18H25N3O6S/c1-12(2)19-18(24)20-16(22)13(3)27-17(23)14-7-6-8-15(11-14)28(25,26)21-9-4-5-10-21/h6-8,11-13H,4-5,9-10H2,1-3H3,(H2,19,20,22,24)/t13-/m0/s1. The molecule has 1 fully saturated rings. The van der Waals surface area contributed by atoms with Crippen molar-refractivity contribution in [3.8, 4) is 0 Å². The smallest absolute Gasteiger partial charge is 0.338 e. The highest BCUT2D eigenvalue weighted by atomic mass is 32.2. The fourth-order valence-electron chi connectivity index (χ4n) is 2.65. The summed E-state index contributed by atoms with van der Waals surface area (Å²) >= 11 is 0. The van der Waals surface area contributed by atoms with Crippen LogP contribution in [0.25, 0.3) is 0 Å². The van der Waals surface area contributed by atoms with Gasteiger partial charge < -0.3 is 10.1 Å². The van der Waals surface area contributed by atoms with Crippen molar-refractivity contribution >= 4 is 27.9 Å². The Bertz CT molecular complexity index is 847. The second-order valence-electron chi connectivity index (χ2n) is 6.80. The molecule has 0 saturated carbocycles. The fraction of sp³-hybridized carbons (Fsp3) is 0.500. The molecule has 3 amide bonds. The number of carbonyl (C=O) groups excluding carboxylic acids is 3. The van der Waals surface area contributed by atoms with Gasteiger partial charge in [-0.05, 0) is 51.8 Å². The summed E-state index contributed by atoms with van der Waals surface area (Å²) in [7, 11) is -3.67. The fourth-order valence-corrected chi connectivity index (χ4v) is 4.22. The van der Waals surface area contributed by atoms with E-state index in [1.807, 2.05) is 0 Å². The lowest BCUT2D eigenvalue weighted by atomic mass is 10.2. The quantitative estimate of drug-likeness (QED) is 0.680. The molecule has 9 nitrogen and oxygen atoms in total. The highest BCUT2D eigenvalue weighted by Crippen LogP contribution is 2.22. The maximum Gasteiger partial charge on any atom is 0.338 e. The molecule has 1 aromatic carbocycles. The summed E-state index contributed by atoms with van der Waals surface area (Å²) in [6.45, 7) is 5.69. The van der Waals surface area contributed by atoms with Crippen LogP contribution in [-0.2, 0) is 19.6 Å². The molecule has 1 aliphatic rings. The highest BCUT2D eigenvalue weighted by Gasteiger charge is 2.28. The van der Waals surface area contributed by atoms with E-state index in [0.29, 0.717) is 13.1 Å². The van der Waals surface area contributed by atoms with Gasteiger partial charge in [0, 0.05) is 19.1 Å². The van der Waals surface area contributed by atoms with Gasteiger partial charge in [0.1, 0.15) is 0 Å². The van der Waals surface area contributed by atoms with Crippen LogP contribution < -0.4 is 10.6 Å². The summed E-state index contributed by atoms with van der Waals surface area (Å²) in [5, 5.41) is 4.55. The Hall–Kier alpha value is -2.46. The Kier molecular flexibility index (Phi) is 7.14. The number of rotatable bonds is 6. The van der Waals surface area contributed by atoms with E-state index < -0.39 is 34.0 Å². The number of benzene rings is 1. The van der Waals surface area contributed by atoms with Crippen LogP contribution in [0.15, 0.2) is 29.2 Å². The van der Waals surface area contributed by atoms with E-state index in [9.17, 15) is 22.8 Å². The van der Waals surface area contributed by atoms with Gasteiger partial charge in [0.15, 0.2) is 6.10 Å². The molecular formula is C18H25N3O6S. The minimum Gasteiger partial charge on any atom is -0.449 e. The first-order valence-electron chi connectivity index (χ1n) is 9.04. The summed E-state index contributed by atoms with van der Waals surface area (Å²) in [4.78, 5) is 35.8. The second kappa shape index (κ2) is 9.16. The molecule has 1 aromatic rings. The molecule has 1 atom stereocenters. The number of esters is 1. The van der Waals surface area contributed by atoms with Crippen LogP contribution in [0, 0.1) is 0 Å². The number of hydrogen-bond acceptors (Lipinski definition) is 6. The van der Waals surface area contributed by atoms with Gasteiger partial charge in [0.05, 0.1) is 10.5 Å². The zero-order chi connectivity index (χ0) is 20.9. The minimum atomic E-state index is -3.67. The van der Waals surface area contributed by atoms with E-state index in [1.165, 1.54) is 35.5 Å². The van der Waals surface area contributed by atoms with Crippen LogP contribution in [0.1, 0.15) is 44.0 Å². The highest BCUT2D eigenvalue weighted by molar-refractivity contribution is 7.89. The van der Waals surface area contributed by atoms with Crippen molar-refractivity contribution in [2.45, 2.75) is 50.7 Å². The molecule has 2 N–H and O–H groups in total. The van der Waals surface area contributed by atoms with Crippen molar-refractivity contribution in [1.29, 1.82) is 0 Å². The molecule has 10 heteroatoms. The predicted octanol–water partition coefficient (Wildman–Crippen LogP) is 1.25. The van der Waals surface area contributed by atoms with Crippen molar-refractivity contribution < 1.29 is 27.5 Å². The Labute approximate surface area is 164 Å². The number of amides is 3. The molecule has 0 bridgehead atoms. The first-order chi connectivity index (χ1) is 13.1. The molecule has 0 aromatic heterocycles. The summed E-state index contributed by atoms with van der Waals surface area (Å²) in [5.41, 5.74) is 0.00607. The van der Waals surface area contributed by atoms with Crippen molar-refractivity contribution in [3.05, 3.63) is 29.8 Å². The predicted molar refractivity (Wildman–Crippen MR) is 101 cm³/mol. The zero-order valence-corrected chi connectivity index (χ0v) is 16.9. The van der Waals surface area contributed by atoms with Gasteiger partial charge in [-0.2, -0.15) is 4.31 Å². The number of imide groups is 1. The molecular weight excluding hydrogens is 386 g/mol. The largest absolute Gasteiger partial charge is 0.449 e. The van der Waals surface area contributed by atoms with Crippen LogP contribution in [0.2, 0.25) is 0 Å². The lowest BCUT2D eigenvalue weighted by Crippen LogP contribution is -2.46. The molecule has 1 heterocycles. The van der Waals surface area contributed by atoms with E-state index in [4.69, 9.17) is 4.74 Å². The topological polar surface area (TPSA) is 122 Å². The van der Waals surface area contributed by atoms with Gasteiger partial charge in [0.2, 0.25) is 10.0 Å². The molecule has 0 aliphatic carbocycles. The molecule has 2 rings (SSSR count). The molecule has 28 heavy (non-hydrogen) atoms. The van der Waals surface area contributed by atoms with E-state index in [2.05, 4.69) is 10.6 Å². The average molecular weight is 411 g/mol. The lowest BCUT2D eigenvalue weighted by molar-refractivity contribution is -0.127. The van der Waals surface area contributed by atoms with Crippen LogP contribution in [0.5, 0.6) is 0 Å². The molecule has 0 spiro atoms. The summed E-state index contributed by atoms with van der Waals surface area (Å²) in [6, 6.07) is 4.64. The third kappa shape index (κ3) is 5.52. The van der Waals surface area contributed by atoms with Gasteiger partial charge in [0.25, 0.3) is 5.91 Å². The van der Waals surface area contributed by atoms with Gasteiger partial charge in [-0.1, -0.05) is 6.07 Å². The monoisotopic (exact) mass is 411 g/mol. The number of nitrogens with zero attached hydrogens (tertiary/aromatic N) is 1. The number of urea groups is 1. The second-order valence-corrected chi connectivity index (χ2v) is 8.74. The SMILES string of the molecule is CC(C)NC(=O)NC(=O)[C@H](C)OC(=O)c1cccc(S(=O)(=O)N2CCCC2)c1. The van der Waals surface area contributed by atoms with Crippen LogP contribution in [0.3, 0.4) is 0 Å². The zero-order valence-electron chi connectivity index (χ0n) is 16.1. The molecule has 1 saturated heterocycles. The van der Waals surface area contributed by atoms with Crippen molar-refractivity contribution in [3.63, 3.8) is 0 Å². The van der Waals surface area contributed by atoms with E-state index >= 15 is 0 Å². The van der Waals surface area contributed by atoms with Gasteiger partial charge in [-0.3, -0.25) is 10.1 Å². The molecule has 154 valence electrons. The third-order valence-corrected chi connectivity index (χ3v) is 5.98. The first kappa shape index (κ1) is 21.8. The van der Waals surface area contributed by atoms with Crippen LogP contribution in [-0.4, -0.2) is 55.9 Å². The van der Waals surface area contributed by atoms with Crippen LogP contribution >= 0.6 is 0 Å². The maximum absolute atomic E-state index is 12.6. The normalized spacial score (nSPS) is 15.9. The van der Waals surface area contributed by atoms with Crippen molar-refractivity contribution in [2.24, 2.45) is 0 Å². The maximum atomic E-state index is 12.6. The Morgan fingerprint density at radius 3 is 2.36 bits per heavy atom. The molecule has 0 unspecified atom stereocenters. The number of hydrogen-bond donors (Lipinski definition) is 2. The van der Waals surface area contributed by atoms with E-state index in [1.54, 1.807) is 13.8 Å². The van der Waals surface area contributed by atoms with E-state index in [-0.39, 0.29) is 16.5 Å². The third-order valence-electron chi connectivity index (χ3n) is 4.08. The number of carbonyl (C=O) groups is 3. The van der Waals surface area contributed by atoms with Gasteiger partial charge >= 0.3 is 12.0 Å². The van der Waals surface area contributed by atoms with Crippen LogP contribution in [0.4, 0.5) is 4.79 Å². The summed E-state index contributed by atoms with van der Waals surface area (Å²) in [5.74, 6) is -1.64. The Balaban J connectivity index is 2.04. The number of sulfonamides is 1. The first-order valence-corrected chi connectivity index (χ1v) is 10.5. The van der Waals surface area contributed by atoms with Crippen molar-refractivity contribution in [1.82, 2.24) is 14.9 Å². The Morgan fingerprint density at radius 1 is 1.11 bits per heavy atom. The van der Waals surface area contributed by atoms with Gasteiger partial charge in [-0.15, -0.1) is 0 Å². The Morgan fingerprint density at radius 2 is 1.75 bits per heavy atom. The lowest BCUT2D eigenvalue weighted by Gasteiger charge is -2.17. The van der Waals surface area contributed by atoms with Crippen molar-refractivity contribution in [2.75, 3.05) is 13.1 Å². The molecule has 0 radical (unpaired) electrons. The summed E-state index contributed by atoms with van der Waals surface area (Å²) < 4.78 is 31.7. The number of nitrogens with one attached hydrogen (secondary N) is 2. The summed E-state index contributed by atoms with van der Waals surface area (Å²) in [6.07, 6.45) is 0.375. The van der Waals surface area contributed by atoms with E-state index in [0.717, 1.165) is 12.8 Å². The minimum absolute atomic E-state index is 0.00253.